The third kappa shape index (κ3) is 3.88. The smallest absolute Gasteiger partial charge is 0.262 e. The number of hydrogen-bond donors (Lipinski definition) is 3. The zero-order chi connectivity index (χ0) is 16.1. The van der Waals surface area contributed by atoms with E-state index in [4.69, 9.17) is 0 Å². The average molecular weight is 320 g/mol. The van der Waals surface area contributed by atoms with Crippen LogP contribution in [0.1, 0.15) is 6.92 Å². The van der Waals surface area contributed by atoms with Crippen LogP contribution >= 0.6 is 11.8 Å². The van der Waals surface area contributed by atoms with Gasteiger partial charge in [-0.25, -0.2) is 10.4 Å². The second-order valence-corrected chi connectivity index (χ2v) is 5.89. The van der Waals surface area contributed by atoms with Gasteiger partial charge in [0.2, 0.25) is 0 Å². The number of benzene rings is 1. The normalized spacial score (nSPS) is 12.3. The maximum absolute atomic E-state index is 12.6. The quantitative estimate of drug-likeness (QED) is 0.403. The Bertz CT molecular complexity index is 727. The molecule has 118 valence electrons. The number of rotatable bonds is 7. The lowest BCUT2D eigenvalue weighted by Crippen LogP contribution is -2.29. The van der Waals surface area contributed by atoms with Crippen LogP contribution in [-0.4, -0.2) is 33.6 Å². The molecule has 0 spiro atoms. The van der Waals surface area contributed by atoms with E-state index in [1.54, 1.807) is 20.0 Å². The van der Waals surface area contributed by atoms with Crippen LogP contribution in [0, 0.1) is 0 Å². The first-order chi connectivity index (χ1) is 10.5. The molecule has 2 aromatic rings. The number of aromatic nitrogens is 2. The standard InChI is InChI=1S/C15H20N4O2S/c1-10(18-16-3)9-22-15-17-13-7-5-4-6-12(13)14(21)19(15)8-11(2)20/h4-7,11,16,18,20H,1,8-9H2,2-3H3. The second-order valence-electron chi connectivity index (χ2n) is 4.94. The van der Waals surface area contributed by atoms with Crippen LogP contribution < -0.4 is 16.4 Å². The number of nitrogens with one attached hydrogen (secondary N) is 2. The summed E-state index contributed by atoms with van der Waals surface area (Å²) in [5, 5.41) is 10.8. The summed E-state index contributed by atoms with van der Waals surface area (Å²) >= 11 is 1.40. The topological polar surface area (TPSA) is 79.2 Å². The summed E-state index contributed by atoms with van der Waals surface area (Å²) in [6.45, 7) is 5.74. The Labute approximate surface area is 133 Å². The van der Waals surface area contributed by atoms with Crippen molar-refractivity contribution in [2.75, 3.05) is 12.8 Å². The molecule has 0 aliphatic heterocycles. The highest BCUT2D eigenvalue weighted by Crippen LogP contribution is 2.19. The summed E-state index contributed by atoms with van der Waals surface area (Å²) in [6.07, 6.45) is -0.626. The first-order valence-corrected chi connectivity index (χ1v) is 7.92. The Morgan fingerprint density at radius 2 is 2.23 bits per heavy atom. The van der Waals surface area contributed by atoms with E-state index in [1.807, 2.05) is 18.2 Å². The molecule has 1 unspecified atom stereocenters. The van der Waals surface area contributed by atoms with Crippen molar-refractivity contribution in [2.24, 2.45) is 0 Å². The van der Waals surface area contributed by atoms with Gasteiger partial charge in [0.1, 0.15) is 0 Å². The number of thioether (sulfide) groups is 1. The van der Waals surface area contributed by atoms with Gasteiger partial charge in [0, 0.05) is 18.5 Å². The first kappa shape index (κ1) is 16.5. The zero-order valence-electron chi connectivity index (χ0n) is 12.7. The van der Waals surface area contributed by atoms with Crippen LogP contribution in [0.2, 0.25) is 0 Å². The fourth-order valence-corrected chi connectivity index (χ4v) is 2.90. The van der Waals surface area contributed by atoms with Crippen LogP contribution in [0.5, 0.6) is 0 Å². The van der Waals surface area contributed by atoms with Gasteiger partial charge >= 0.3 is 0 Å². The van der Waals surface area contributed by atoms with E-state index < -0.39 is 6.10 Å². The van der Waals surface area contributed by atoms with Gasteiger partial charge in [-0.1, -0.05) is 30.5 Å². The Hall–Kier alpha value is -1.83. The highest BCUT2D eigenvalue weighted by Gasteiger charge is 2.13. The predicted molar refractivity (Wildman–Crippen MR) is 89.7 cm³/mol. The van der Waals surface area contributed by atoms with Crippen molar-refractivity contribution < 1.29 is 5.11 Å². The predicted octanol–water partition coefficient (Wildman–Crippen LogP) is 1.11. The van der Waals surface area contributed by atoms with Crippen molar-refractivity contribution in [3.05, 3.63) is 46.9 Å². The molecule has 3 N–H and O–H groups in total. The Kier molecular flexibility index (Phi) is 5.59. The molecule has 6 nitrogen and oxygen atoms in total. The van der Waals surface area contributed by atoms with Crippen LogP contribution in [0.15, 0.2) is 46.5 Å². The van der Waals surface area contributed by atoms with E-state index in [0.29, 0.717) is 21.8 Å². The Balaban J connectivity index is 2.41. The molecule has 1 heterocycles. The van der Waals surface area contributed by atoms with E-state index in [-0.39, 0.29) is 12.1 Å². The Morgan fingerprint density at radius 1 is 1.50 bits per heavy atom. The SMILES string of the molecule is C=C(CSc1nc2ccccc2c(=O)n1CC(C)O)NNC. The molecule has 0 aliphatic carbocycles. The van der Waals surface area contributed by atoms with Gasteiger partial charge in [-0.15, -0.1) is 0 Å². The molecule has 1 aromatic carbocycles. The Morgan fingerprint density at radius 3 is 2.91 bits per heavy atom. The molecule has 1 aromatic heterocycles. The number of para-hydroxylation sites is 1. The molecular formula is C15H20N4O2S. The van der Waals surface area contributed by atoms with Crippen LogP contribution in [0.25, 0.3) is 10.9 Å². The fraction of sp³-hybridized carbons (Fsp3) is 0.333. The van der Waals surface area contributed by atoms with Gasteiger partial charge in [-0.2, -0.15) is 0 Å². The van der Waals surface area contributed by atoms with E-state index in [2.05, 4.69) is 22.4 Å². The molecule has 0 saturated carbocycles. The maximum Gasteiger partial charge on any atom is 0.262 e. The minimum Gasteiger partial charge on any atom is -0.392 e. The molecule has 2 rings (SSSR count). The third-order valence-electron chi connectivity index (χ3n) is 2.95. The van der Waals surface area contributed by atoms with Crippen molar-refractivity contribution in [2.45, 2.75) is 24.7 Å². The molecule has 0 amide bonds. The molecule has 0 radical (unpaired) electrons. The van der Waals surface area contributed by atoms with Crippen molar-refractivity contribution >= 4 is 22.7 Å². The van der Waals surface area contributed by atoms with Crippen LogP contribution in [0.4, 0.5) is 0 Å². The third-order valence-corrected chi connectivity index (χ3v) is 4.01. The number of aliphatic hydroxyl groups is 1. The molecule has 0 bridgehead atoms. The largest absolute Gasteiger partial charge is 0.392 e. The van der Waals surface area contributed by atoms with E-state index in [9.17, 15) is 9.90 Å². The van der Waals surface area contributed by atoms with Gasteiger partial charge in [0.25, 0.3) is 5.56 Å². The van der Waals surface area contributed by atoms with E-state index in [1.165, 1.54) is 16.3 Å². The zero-order valence-corrected chi connectivity index (χ0v) is 13.5. The van der Waals surface area contributed by atoms with Gasteiger partial charge < -0.3 is 10.5 Å². The minimum atomic E-state index is -0.626. The summed E-state index contributed by atoms with van der Waals surface area (Å²) in [5.74, 6) is 0.561. The monoisotopic (exact) mass is 320 g/mol. The molecule has 0 aliphatic rings. The fourth-order valence-electron chi connectivity index (χ4n) is 2.05. The van der Waals surface area contributed by atoms with Crippen LogP contribution in [0.3, 0.4) is 0 Å². The van der Waals surface area contributed by atoms with Gasteiger partial charge in [-0.3, -0.25) is 9.36 Å². The van der Waals surface area contributed by atoms with Gasteiger partial charge in [-0.05, 0) is 19.1 Å². The summed E-state index contributed by atoms with van der Waals surface area (Å²) in [6, 6.07) is 7.22. The number of hydrogen-bond acceptors (Lipinski definition) is 6. The lowest BCUT2D eigenvalue weighted by Gasteiger charge is -2.15. The van der Waals surface area contributed by atoms with Crippen molar-refractivity contribution in [3.63, 3.8) is 0 Å². The van der Waals surface area contributed by atoms with Gasteiger partial charge in [0.15, 0.2) is 5.16 Å². The lowest BCUT2D eigenvalue weighted by atomic mass is 10.2. The maximum atomic E-state index is 12.6. The highest BCUT2D eigenvalue weighted by atomic mass is 32.2. The van der Waals surface area contributed by atoms with E-state index in [0.717, 1.165) is 5.70 Å². The number of nitrogens with zero attached hydrogens (tertiary/aromatic N) is 2. The number of hydrazine groups is 1. The minimum absolute atomic E-state index is 0.138. The summed E-state index contributed by atoms with van der Waals surface area (Å²) in [5.41, 5.74) is 6.99. The van der Waals surface area contributed by atoms with Crippen molar-refractivity contribution in [1.29, 1.82) is 0 Å². The van der Waals surface area contributed by atoms with Gasteiger partial charge in [0.05, 0.1) is 23.6 Å². The highest BCUT2D eigenvalue weighted by molar-refractivity contribution is 7.99. The molecular weight excluding hydrogens is 300 g/mol. The number of fused-ring (bicyclic) bond motifs is 1. The molecule has 7 heteroatoms. The summed E-state index contributed by atoms with van der Waals surface area (Å²) in [7, 11) is 1.76. The molecule has 0 saturated heterocycles. The lowest BCUT2D eigenvalue weighted by molar-refractivity contribution is 0.168. The first-order valence-electron chi connectivity index (χ1n) is 6.94. The van der Waals surface area contributed by atoms with E-state index >= 15 is 0 Å². The summed E-state index contributed by atoms with van der Waals surface area (Å²) in [4.78, 5) is 17.1. The molecule has 0 fully saturated rings. The summed E-state index contributed by atoms with van der Waals surface area (Å²) < 4.78 is 1.52. The second kappa shape index (κ2) is 7.44. The molecule has 1 atom stereocenters. The van der Waals surface area contributed by atoms with Crippen molar-refractivity contribution in [3.8, 4) is 0 Å². The van der Waals surface area contributed by atoms with Crippen molar-refractivity contribution in [1.82, 2.24) is 20.4 Å². The molecule has 22 heavy (non-hydrogen) atoms. The number of aliphatic hydroxyl groups excluding tert-OH is 1. The average Bonchev–Trinajstić information content (AvgIpc) is 2.48. The van der Waals surface area contributed by atoms with Crippen LogP contribution in [-0.2, 0) is 6.54 Å².